The Morgan fingerprint density at radius 3 is 1.75 bits per heavy atom. The Bertz CT molecular complexity index is 271. The highest BCUT2D eigenvalue weighted by molar-refractivity contribution is 6.86. The average molecular weight is 407 g/mol. The van der Waals surface area contributed by atoms with Gasteiger partial charge in [0, 0.05) is 0 Å². The average Bonchev–Trinajstić information content (AvgIpc) is 2.17. The van der Waals surface area contributed by atoms with Crippen LogP contribution in [0.2, 0.25) is 45.8 Å². The van der Waals surface area contributed by atoms with Crippen LogP contribution in [0.5, 0.6) is 0 Å². The highest BCUT2D eigenvalue weighted by Gasteiger charge is 2.39. The van der Waals surface area contributed by atoms with Gasteiger partial charge in [0.25, 0.3) is 30.0 Å². The van der Waals surface area contributed by atoms with Crippen molar-refractivity contribution in [3.8, 4) is 0 Å². The van der Waals surface area contributed by atoms with Gasteiger partial charge in [-0.25, -0.2) is 0 Å². The second-order valence-electron chi connectivity index (χ2n) is 6.31. The van der Waals surface area contributed by atoms with Crippen molar-refractivity contribution < 1.29 is 24.7 Å². The first-order valence-corrected chi connectivity index (χ1v) is 20.0. The SMILES string of the molecule is C[Si](C)(C)O[Si](C)(C)O[Si](C)(C)O[SiH2]O[SiH2]O[SiH2]O[SiH3]. The van der Waals surface area contributed by atoms with Crippen LogP contribution in [-0.2, 0) is 24.7 Å². The van der Waals surface area contributed by atoms with E-state index in [1.165, 1.54) is 0 Å². The molecule has 0 aromatic rings. The number of hydrogen-bond acceptors (Lipinski definition) is 6. The minimum Gasteiger partial charge on any atom is -0.449 e. The molecule has 0 fully saturated rings. The van der Waals surface area contributed by atoms with E-state index in [0.717, 1.165) is 10.5 Å². The second-order valence-corrected chi connectivity index (χ2v) is 25.2. The Balaban J connectivity index is 4.04. The van der Waals surface area contributed by atoms with E-state index in [0.29, 0.717) is 0 Å². The van der Waals surface area contributed by atoms with Crippen LogP contribution in [-0.4, -0.2) is 65.9 Å². The fourth-order valence-corrected chi connectivity index (χ4v) is 20.2. The summed E-state index contributed by atoms with van der Waals surface area (Å²) in [5, 5.41) is 0. The summed E-state index contributed by atoms with van der Waals surface area (Å²) < 4.78 is 34.2. The molecule has 0 saturated carbocycles. The lowest BCUT2D eigenvalue weighted by Crippen LogP contribution is -2.53. The predicted octanol–water partition coefficient (Wildman–Crippen LogP) is -1.40. The summed E-state index contributed by atoms with van der Waals surface area (Å²) in [5.41, 5.74) is 0. The summed E-state index contributed by atoms with van der Waals surface area (Å²) in [6, 6.07) is 0. The van der Waals surface area contributed by atoms with Gasteiger partial charge >= 0.3 is 17.1 Å². The second kappa shape index (κ2) is 9.42. The fraction of sp³-hybridized carbons (Fsp3) is 1.00. The van der Waals surface area contributed by atoms with Crippen LogP contribution in [0, 0.1) is 0 Å². The minimum atomic E-state index is -2.16. The van der Waals surface area contributed by atoms with Gasteiger partial charge in [-0.3, -0.25) is 0 Å². The van der Waals surface area contributed by atoms with Gasteiger partial charge in [-0.1, -0.05) is 0 Å². The third-order valence-electron chi connectivity index (χ3n) is 1.90. The van der Waals surface area contributed by atoms with E-state index in [1.807, 2.05) is 0 Å². The molecule has 0 radical (unpaired) electrons. The van der Waals surface area contributed by atoms with Crippen LogP contribution in [0.15, 0.2) is 0 Å². The van der Waals surface area contributed by atoms with E-state index in [9.17, 15) is 0 Å². The zero-order valence-corrected chi connectivity index (χ0v) is 23.3. The maximum absolute atomic E-state index is 6.22. The molecule has 0 aromatic carbocycles. The predicted molar refractivity (Wildman–Crippen MR) is 100 cm³/mol. The quantitative estimate of drug-likeness (QED) is 0.311. The normalized spacial score (nSPS) is 15.8. The Labute approximate surface area is 136 Å². The summed E-state index contributed by atoms with van der Waals surface area (Å²) in [6.07, 6.45) is 0. The van der Waals surface area contributed by atoms with Crippen molar-refractivity contribution >= 4 is 65.9 Å². The largest absolute Gasteiger partial charge is 0.449 e. The van der Waals surface area contributed by atoms with Crippen LogP contribution in [0.1, 0.15) is 0 Å². The maximum atomic E-state index is 6.22. The lowest BCUT2D eigenvalue weighted by Gasteiger charge is -2.36. The molecular formula is C7H30O6Si7. The van der Waals surface area contributed by atoms with Gasteiger partial charge in [-0.05, 0) is 45.8 Å². The molecule has 0 aliphatic carbocycles. The molecule has 122 valence electrons. The number of rotatable bonds is 11. The molecule has 0 atom stereocenters. The molecule has 0 heterocycles. The Hall–Kier alpha value is 1.28. The first-order valence-electron chi connectivity index (χ1n) is 6.66. The van der Waals surface area contributed by atoms with E-state index in [-0.39, 0.29) is 0 Å². The van der Waals surface area contributed by atoms with Crippen molar-refractivity contribution in [2.75, 3.05) is 0 Å². The summed E-state index contributed by atoms with van der Waals surface area (Å²) in [5.74, 6) is 0. The molecule has 0 N–H and O–H groups in total. The maximum Gasteiger partial charge on any atom is 0.313 e. The zero-order valence-electron chi connectivity index (χ0n) is 14.1. The molecule has 0 aliphatic rings. The first-order chi connectivity index (χ1) is 8.97. The van der Waals surface area contributed by atoms with E-state index in [4.69, 9.17) is 24.7 Å². The van der Waals surface area contributed by atoms with Gasteiger partial charge in [-0.2, -0.15) is 0 Å². The molecule has 0 saturated heterocycles. The minimum absolute atomic E-state index is 0.751. The van der Waals surface area contributed by atoms with Crippen molar-refractivity contribution in [1.82, 2.24) is 0 Å². The molecule has 13 heteroatoms. The van der Waals surface area contributed by atoms with Crippen LogP contribution in [0.25, 0.3) is 0 Å². The van der Waals surface area contributed by atoms with Gasteiger partial charge in [0.2, 0.25) is 0 Å². The van der Waals surface area contributed by atoms with Crippen molar-refractivity contribution in [3.05, 3.63) is 0 Å². The fourth-order valence-electron chi connectivity index (χ4n) is 1.77. The molecule has 0 rings (SSSR count). The van der Waals surface area contributed by atoms with Crippen molar-refractivity contribution in [2.24, 2.45) is 0 Å². The van der Waals surface area contributed by atoms with Crippen molar-refractivity contribution in [2.45, 2.75) is 45.8 Å². The van der Waals surface area contributed by atoms with Gasteiger partial charge in [-0.15, -0.1) is 0 Å². The Morgan fingerprint density at radius 1 is 0.700 bits per heavy atom. The molecule has 0 bridgehead atoms. The third-order valence-corrected chi connectivity index (χ3v) is 17.1. The van der Waals surface area contributed by atoms with E-state index in [1.54, 1.807) is 0 Å². The molecule has 0 aromatic heterocycles. The van der Waals surface area contributed by atoms with Crippen molar-refractivity contribution in [1.29, 1.82) is 0 Å². The van der Waals surface area contributed by atoms with Gasteiger partial charge < -0.3 is 24.7 Å². The highest BCUT2D eigenvalue weighted by Crippen LogP contribution is 2.20. The van der Waals surface area contributed by atoms with Crippen LogP contribution in [0.3, 0.4) is 0 Å². The van der Waals surface area contributed by atoms with E-state index >= 15 is 0 Å². The molecule has 20 heavy (non-hydrogen) atoms. The topological polar surface area (TPSA) is 55.4 Å². The molecule has 0 unspecified atom stereocenters. The van der Waals surface area contributed by atoms with E-state index in [2.05, 4.69) is 45.8 Å². The zero-order chi connectivity index (χ0) is 15.9. The van der Waals surface area contributed by atoms with Crippen LogP contribution in [0.4, 0.5) is 0 Å². The summed E-state index contributed by atoms with van der Waals surface area (Å²) in [6.45, 7) is 14.9. The molecule has 6 nitrogen and oxygen atoms in total. The van der Waals surface area contributed by atoms with Crippen molar-refractivity contribution in [3.63, 3.8) is 0 Å². The summed E-state index contributed by atoms with van der Waals surface area (Å²) in [7, 11) is -7.74. The highest BCUT2D eigenvalue weighted by atomic mass is 28.5. The van der Waals surface area contributed by atoms with Gasteiger partial charge in [0.15, 0.2) is 8.32 Å². The molecule has 0 spiro atoms. The van der Waals surface area contributed by atoms with Gasteiger partial charge in [0.05, 0.1) is 0 Å². The summed E-state index contributed by atoms with van der Waals surface area (Å²) >= 11 is 0. The first kappa shape index (κ1) is 21.3. The monoisotopic (exact) mass is 406 g/mol. The molecule has 0 amide bonds. The Morgan fingerprint density at radius 2 is 1.25 bits per heavy atom. The molecular weight excluding hydrogens is 377 g/mol. The van der Waals surface area contributed by atoms with E-state index < -0.39 is 55.5 Å². The van der Waals surface area contributed by atoms with Gasteiger partial charge in [0.1, 0.15) is 10.5 Å². The molecule has 0 aliphatic heterocycles. The standard InChI is InChI=1S/C7H30O6Si7/c1-18(2,3)12-20(6,7)13-19(4,5)11-17-10-16-9-15-8-14/h15-17H2,1-7,14H3. The number of hydrogen-bond donors (Lipinski definition) is 0. The summed E-state index contributed by atoms with van der Waals surface area (Å²) in [4.78, 5) is 0. The smallest absolute Gasteiger partial charge is 0.313 e. The Kier molecular flexibility index (Phi) is 10.0. The van der Waals surface area contributed by atoms with Crippen LogP contribution < -0.4 is 0 Å². The lowest BCUT2D eigenvalue weighted by molar-refractivity contribution is 0.318. The van der Waals surface area contributed by atoms with Crippen LogP contribution >= 0.6 is 0 Å². The third kappa shape index (κ3) is 13.0. The lowest BCUT2D eigenvalue weighted by atomic mass is 11.8.